The molecule has 0 spiro atoms. The van der Waals surface area contributed by atoms with Gasteiger partial charge in [0, 0.05) is 12.7 Å². The molecule has 2 heterocycles. The van der Waals surface area contributed by atoms with Crippen molar-refractivity contribution < 1.29 is 18.0 Å². The molecule has 0 saturated carbocycles. The number of alkyl halides is 3. The van der Waals surface area contributed by atoms with Gasteiger partial charge in [-0.25, -0.2) is 0 Å². The van der Waals surface area contributed by atoms with Gasteiger partial charge in [0.15, 0.2) is 0 Å². The highest BCUT2D eigenvalue weighted by molar-refractivity contribution is 5.93. The van der Waals surface area contributed by atoms with E-state index < -0.39 is 17.8 Å². The first-order valence-electron chi connectivity index (χ1n) is 8.92. The fourth-order valence-electron chi connectivity index (χ4n) is 3.64. The van der Waals surface area contributed by atoms with Gasteiger partial charge in [0.05, 0.1) is 11.6 Å². The van der Waals surface area contributed by atoms with Gasteiger partial charge in [0.25, 0.3) is 5.91 Å². The fraction of sp³-hybridized carbons (Fsp3) is 0.182. The van der Waals surface area contributed by atoms with Gasteiger partial charge >= 0.3 is 6.18 Å². The second kappa shape index (κ2) is 7.11. The van der Waals surface area contributed by atoms with Crippen LogP contribution in [0.2, 0.25) is 0 Å². The number of hydrogen-bond acceptors (Lipinski definition) is 2. The molecule has 142 valence electrons. The SMILES string of the molecule is O=C(c1ccccn1)N1CCc2ccccc2C1c1ccc(C(F)(F)F)cc1. The molecule has 2 aromatic carbocycles. The van der Waals surface area contributed by atoms with Crippen LogP contribution in [0.1, 0.15) is 38.8 Å². The van der Waals surface area contributed by atoms with Crippen LogP contribution in [0.25, 0.3) is 0 Å². The lowest BCUT2D eigenvalue weighted by atomic mass is 9.87. The molecule has 1 unspecified atom stereocenters. The van der Waals surface area contributed by atoms with Crippen molar-refractivity contribution in [1.82, 2.24) is 9.88 Å². The highest BCUT2D eigenvalue weighted by atomic mass is 19.4. The summed E-state index contributed by atoms with van der Waals surface area (Å²) in [6.45, 7) is 0.470. The van der Waals surface area contributed by atoms with E-state index in [1.807, 2.05) is 24.3 Å². The summed E-state index contributed by atoms with van der Waals surface area (Å²) in [6.07, 6.45) is -2.16. The number of carbonyl (C=O) groups excluding carboxylic acids is 1. The van der Waals surface area contributed by atoms with Crippen molar-refractivity contribution in [3.63, 3.8) is 0 Å². The molecule has 4 rings (SSSR count). The van der Waals surface area contributed by atoms with E-state index in [1.54, 1.807) is 29.3 Å². The predicted octanol–water partition coefficient (Wildman–Crippen LogP) is 4.89. The van der Waals surface area contributed by atoms with E-state index in [0.717, 1.165) is 23.3 Å². The Bertz CT molecular complexity index is 985. The van der Waals surface area contributed by atoms with Crippen LogP contribution in [0.5, 0.6) is 0 Å². The van der Waals surface area contributed by atoms with Crippen LogP contribution in [0.3, 0.4) is 0 Å². The summed E-state index contributed by atoms with van der Waals surface area (Å²) < 4.78 is 38.9. The average Bonchev–Trinajstić information content (AvgIpc) is 2.72. The molecule has 1 aromatic heterocycles. The third-order valence-electron chi connectivity index (χ3n) is 4.98. The Morgan fingerprint density at radius 3 is 2.36 bits per heavy atom. The summed E-state index contributed by atoms with van der Waals surface area (Å²) in [6, 6.07) is 17.4. The lowest BCUT2D eigenvalue weighted by Crippen LogP contribution is -2.41. The normalized spacial score (nSPS) is 16.5. The van der Waals surface area contributed by atoms with Gasteiger partial charge in [0.1, 0.15) is 5.69 Å². The molecule has 3 nitrogen and oxygen atoms in total. The number of benzene rings is 2. The zero-order valence-electron chi connectivity index (χ0n) is 14.9. The van der Waals surface area contributed by atoms with Gasteiger partial charge in [-0.1, -0.05) is 42.5 Å². The molecule has 0 bridgehead atoms. The van der Waals surface area contributed by atoms with Crippen LogP contribution in [-0.2, 0) is 12.6 Å². The minimum atomic E-state index is -4.40. The maximum absolute atomic E-state index is 13.1. The van der Waals surface area contributed by atoms with Gasteiger partial charge < -0.3 is 4.90 Å². The zero-order valence-corrected chi connectivity index (χ0v) is 14.9. The van der Waals surface area contributed by atoms with Crippen LogP contribution in [0, 0.1) is 0 Å². The second-order valence-electron chi connectivity index (χ2n) is 6.68. The number of nitrogens with zero attached hydrogens (tertiary/aromatic N) is 2. The van der Waals surface area contributed by atoms with E-state index in [9.17, 15) is 18.0 Å². The molecular weight excluding hydrogens is 365 g/mol. The van der Waals surface area contributed by atoms with Crippen LogP contribution in [0.15, 0.2) is 72.9 Å². The molecule has 1 amide bonds. The van der Waals surface area contributed by atoms with Crippen LogP contribution < -0.4 is 0 Å². The van der Waals surface area contributed by atoms with Crippen molar-refractivity contribution in [2.75, 3.05) is 6.54 Å². The molecule has 0 aliphatic carbocycles. The summed E-state index contributed by atoms with van der Waals surface area (Å²) in [4.78, 5) is 18.9. The molecule has 1 aliphatic heterocycles. The van der Waals surface area contributed by atoms with Crippen molar-refractivity contribution in [3.8, 4) is 0 Å². The van der Waals surface area contributed by atoms with Gasteiger partial charge in [0.2, 0.25) is 0 Å². The third-order valence-corrected chi connectivity index (χ3v) is 4.98. The van der Waals surface area contributed by atoms with Crippen LogP contribution >= 0.6 is 0 Å². The van der Waals surface area contributed by atoms with Gasteiger partial charge in [-0.2, -0.15) is 13.2 Å². The molecule has 1 atom stereocenters. The maximum Gasteiger partial charge on any atom is 0.416 e. The Morgan fingerprint density at radius 2 is 1.68 bits per heavy atom. The quantitative estimate of drug-likeness (QED) is 0.632. The predicted molar refractivity (Wildman–Crippen MR) is 98.7 cm³/mol. The smallest absolute Gasteiger partial charge is 0.326 e. The highest BCUT2D eigenvalue weighted by Crippen LogP contribution is 2.37. The lowest BCUT2D eigenvalue weighted by molar-refractivity contribution is -0.137. The second-order valence-corrected chi connectivity index (χ2v) is 6.68. The number of aromatic nitrogens is 1. The number of fused-ring (bicyclic) bond motifs is 1. The van der Waals surface area contributed by atoms with Gasteiger partial charge in [-0.3, -0.25) is 9.78 Å². The monoisotopic (exact) mass is 382 g/mol. The number of halogens is 3. The minimum Gasteiger partial charge on any atom is -0.326 e. The zero-order chi connectivity index (χ0) is 19.7. The molecule has 0 saturated heterocycles. The first-order valence-corrected chi connectivity index (χ1v) is 8.92. The Labute approximate surface area is 160 Å². The van der Waals surface area contributed by atoms with E-state index in [1.165, 1.54) is 12.1 Å². The Balaban J connectivity index is 1.78. The van der Waals surface area contributed by atoms with E-state index in [-0.39, 0.29) is 5.91 Å². The highest BCUT2D eigenvalue weighted by Gasteiger charge is 2.34. The van der Waals surface area contributed by atoms with Crippen molar-refractivity contribution in [1.29, 1.82) is 0 Å². The summed E-state index contributed by atoms with van der Waals surface area (Å²) in [5.74, 6) is -0.236. The molecular formula is C22H17F3N2O. The number of carbonyl (C=O) groups is 1. The van der Waals surface area contributed by atoms with Crippen LogP contribution in [0.4, 0.5) is 13.2 Å². The van der Waals surface area contributed by atoms with E-state index in [4.69, 9.17) is 0 Å². The third kappa shape index (κ3) is 3.38. The topological polar surface area (TPSA) is 33.2 Å². The minimum absolute atomic E-state index is 0.236. The molecule has 0 N–H and O–H groups in total. The summed E-state index contributed by atoms with van der Waals surface area (Å²) in [7, 11) is 0. The van der Waals surface area contributed by atoms with E-state index in [2.05, 4.69) is 4.98 Å². The Morgan fingerprint density at radius 1 is 0.964 bits per heavy atom. The molecule has 1 aliphatic rings. The van der Waals surface area contributed by atoms with Crippen molar-refractivity contribution in [2.45, 2.75) is 18.6 Å². The Hall–Kier alpha value is -3.15. The number of hydrogen-bond donors (Lipinski definition) is 0. The van der Waals surface area contributed by atoms with Crippen molar-refractivity contribution in [2.24, 2.45) is 0 Å². The first-order chi connectivity index (χ1) is 13.4. The summed E-state index contributed by atoms with van der Waals surface area (Å²) >= 11 is 0. The average molecular weight is 382 g/mol. The largest absolute Gasteiger partial charge is 0.416 e. The van der Waals surface area contributed by atoms with Crippen molar-refractivity contribution >= 4 is 5.91 Å². The number of amides is 1. The molecule has 28 heavy (non-hydrogen) atoms. The molecule has 0 radical (unpaired) electrons. The number of rotatable bonds is 2. The number of pyridine rings is 1. The molecule has 6 heteroatoms. The summed E-state index contributed by atoms with van der Waals surface area (Å²) in [5, 5.41) is 0. The Kier molecular flexibility index (Phi) is 4.63. The molecule has 3 aromatic rings. The fourth-order valence-corrected chi connectivity index (χ4v) is 3.64. The standard InChI is InChI=1S/C22H17F3N2O/c23-22(24,25)17-10-8-16(9-11-17)20-18-6-2-1-5-15(18)12-14-27(20)21(28)19-7-3-4-13-26-19/h1-11,13,20H,12,14H2. The molecule has 0 fully saturated rings. The van der Waals surface area contributed by atoms with E-state index >= 15 is 0 Å². The summed E-state index contributed by atoms with van der Waals surface area (Å²) in [5.41, 5.74) is 2.28. The van der Waals surface area contributed by atoms with Crippen molar-refractivity contribution in [3.05, 3.63) is 101 Å². The lowest BCUT2D eigenvalue weighted by Gasteiger charge is -2.37. The maximum atomic E-state index is 13.1. The van der Waals surface area contributed by atoms with E-state index in [0.29, 0.717) is 24.2 Å². The van der Waals surface area contributed by atoms with Crippen LogP contribution in [-0.4, -0.2) is 22.3 Å². The van der Waals surface area contributed by atoms with Gasteiger partial charge in [-0.15, -0.1) is 0 Å². The first kappa shape index (κ1) is 18.2. The van der Waals surface area contributed by atoms with Gasteiger partial charge in [-0.05, 0) is 47.4 Å².